The number of hydrogen-bond acceptors (Lipinski definition) is 9. The maximum absolute atomic E-state index is 13.5. The number of methoxy groups -OCH3 is 3. The summed E-state index contributed by atoms with van der Waals surface area (Å²) in [6.07, 6.45) is -2.10. The highest BCUT2D eigenvalue weighted by molar-refractivity contribution is 6.02. The van der Waals surface area contributed by atoms with Crippen LogP contribution in [0.1, 0.15) is 37.3 Å². The summed E-state index contributed by atoms with van der Waals surface area (Å²) < 4.78 is 21.2. The fourth-order valence-corrected chi connectivity index (χ4v) is 5.91. The van der Waals surface area contributed by atoms with Gasteiger partial charge in [0.05, 0.1) is 33.5 Å². The van der Waals surface area contributed by atoms with E-state index < -0.39 is 47.4 Å². The van der Waals surface area contributed by atoms with Gasteiger partial charge in [0, 0.05) is 19.3 Å². The van der Waals surface area contributed by atoms with Gasteiger partial charge in [-0.2, -0.15) is 0 Å². The van der Waals surface area contributed by atoms with E-state index in [1.165, 1.54) is 26.2 Å². The number of fused-ring (bicyclic) bond motifs is 1. The monoisotopic (exact) mass is 461 g/mol. The number of Topliss-reactive ketones (excluding diaryl/α,β-unsaturated/α-hetero) is 1. The van der Waals surface area contributed by atoms with Gasteiger partial charge < -0.3 is 29.0 Å². The topological polar surface area (TPSA) is 129 Å². The number of ketones is 1. The number of carbonyl (C=O) groups excluding carboxylic acids is 4. The molecule has 0 bridgehead atoms. The van der Waals surface area contributed by atoms with Crippen LogP contribution >= 0.6 is 0 Å². The zero-order valence-electron chi connectivity index (χ0n) is 19.0. The second-order valence-electron chi connectivity index (χ2n) is 8.49. The third kappa shape index (κ3) is 2.82. The van der Waals surface area contributed by atoms with E-state index in [1.807, 2.05) is 0 Å². The molecule has 4 atom stereocenters. The van der Waals surface area contributed by atoms with Crippen molar-refractivity contribution in [3.63, 3.8) is 0 Å². The molecule has 178 valence electrons. The van der Waals surface area contributed by atoms with Gasteiger partial charge in [-0.3, -0.25) is 14.4 Å². The predicted octanol–water partition coefficient (Wildman–Crippen LogP) is 0.502. The van der Waals surface area contributed by atoms with Crippen LogP contribution < -0.4 is 9.47 Å². The molecule has 1 amide bonds. The van der Waals surface area contributed by atoms with Crippen LogP contribution in [0.2, 0.25) is 0 Å². The van der Waals surface area contributed by atoms with Crippen LogP contribution in [0, 0.1) is 5.41 Å². The summed E-state index contributed by atoms with van der Waals surface area (Å²) in [6.45, 7) is 1.59. The third-order valence-electron chi connectivity index (χ3n) is 7.22. The molecular weight excluding hydrogens is 434 g/mol. The molecule has 2 fully saturated rings. The molecule has 1 N–H and O–H groups in total. The van der Waals surface area contributed by atoms with Gasteiger partial charge in [-0.15, -0.1) is 0 Å². The minimum Gasteiger partial charge on any atom is -0.493 e. The number of ether oxygens (including phenoxy) is 4. The first-order valence-corrected chi connectivity index (χ1v) is 10.8. The molecule has 0 unspecified atom stereocenters. The van der Waals surface area contributed by atoms with E-state index in [0.29, 0.717) is 22.6 Å². The van der Waals surface area contributed by atoms with E-state index in [0.717, 1.165) is 0 Å². The molecular formula is C23H27NO9. The summed E-state index contributed by atoms with van der Waals surface area (Å²) in [5.74, 6) is -1.87. The van der Waals surface area contributed by atoms with Crippen LogP contribution in [0.5, 0.6) is 11.5 Å². The molecule has 0 aromatic heterocycles. The van der Waals surface area contributed by atoms with Gasteiger partial charge in [-0.25, -0.2) is 4.79 Å². The number of hydrogen-bond donors (Lipinski definition) is 1. The highest BCUT2D eigenvalue weighted by Gasteiger charge is 2.77. The first-order chi connectivity index (χ1) is 15.7. The first-order valence-electron chi connectivity index (χ1n) is 10.8. The van der Waals surface area contributed by atoms with Gasteiger partial charge >= 0.3 is 11.9 Å². The molecule has 1 aromatic carbocycles. The number of nitrogens with zero attached hydrogens (tertiary/aromatic N) is 1. The van der Waals surface area contributed by atoms with E-state index in [9.17, 15) is 24.3 Å². The van der Waals surface area contributed by atoms with Gasteiger partial charge in [-0.05, 0) is 36.6 Å². The molecule has 1 saturated carbocycles. The summed E-state index contributed by atoms with van der Waals surface area (Å²) >= 11 is 0. The number of esters is 2. The van der Waals surface area contributed by atoms with E-state index in [2.05, 4.69) is 0 Å². The Morgan fingerprint density at radius 2 is 1.82 bits per heavy atom. The summed E-state index contributed by atoms with van der Waals surface area (Å²) in [4.78, 5) is 53.8. The molecule has 1 aliphatic carbocycles. The Labute approximate surface area is 190 Å². The van der Waals surface area contributed by atoms with Crippen LogP contribution in [0.4, 0.5) is 0 Å². The Bertz CT molecular complexity index is 1040. The van der Waals surface area contributed by atoms with E-state index in [4.69, 9.17) is 18.9 Å². The molecule has 1 spiro atoms. The lowest BCUT2D eigenvalue weighted by atomic mass is 9.55. The van der Waals surface area contributed by atoms with Crippen molar-refractivity contribution < 1.29 is 43.2 Å². The Kier molecular flexibility index (Phi) is 5.60. The van der Waals surface area contributed by atoms with Crippen LogP contribution in [-0.4, -0.2) is 73.7 Å². The lowest BCUT2D eigenvalue weighted by Crippen LogP contribution is -2.65. The minimum atomic E-state index is -1.92. The molecule has 10 heteroatoms. The fraction of sp³-hybridized carbons (Fsp3) is 0.565. The Morgan fingerprint density at radius 3 is 2.42 bits per heavy atom. The Balaban J connectivity index is 2.10. The predicted molar refractivity (Wildman–Crippen MR) is 112 cm³/mol. The molecule has 3 aliphatic rings. The van der Waals surface area contributed by atoms with Gasteiger partial charge in [0.1, 0.15) is 17.2 Å². The lowest BCUT2D eigenvalue weighted by molar-refractivity contribution is -0.180. The van der Waals surface area contributed by atoms with Gasteiger partial charge in [0.25, 0.3) is 5.91 Å². The van der Waals surface area contributed by atoms with Crippen molar-refractivity contribution in [2.45, 2.75) is 50.3 Å². The molecule has 33 heavy (non-hydrogen) atoms. The third-order valence-corrected chi connectivity index (χ3v) is 7.22. The SMILES string of the molecule is CCOC(=O)[C@]12CC(=O)CC[C@]13c1cc(OC)c(OC)cc1C[C@@H](C(=O)OC)N3C(=O)[C@@H]2O. The average Bonchev–Trinajstić information content (AvgIpc) is 3.02. The van der Waals surface area contributed by atoms with Crippen molar-refractivity contribution in [1.29, 1.82) is 0 Å². The zero-order valence-corrected chi connectivity index (χ0v) is 19.0. The molecule has 4 rings (SSSR count). The van der Waals surface area contributed by atoms with E-state index in [1.54, 1.807) is 19.1 Å². The van der Waals surface area contributed by atoms with Crippen LogP contribution in [0.15, 0.2) is 12.1 Å². The normalized spacial score (nSPS) is 30.2. The average molecular weight is 461 g/mol. The maximum Gasteiger partial charge on any atom is 0.328 e. The number of aliphatic hydroxyl groups excluding tert-OH is 1. The summed E-state index contributed by atoms with van der Waals surface area (Å²) in [5.41, 5.74) is -2.28. The summed E-state index contributed by atoms with van der Waals surface area (Å²) in [7, 11) is 4.14. The molecule has 2 aliphatic heterocycles. The second kappa shape index (κ2) is 8.02. The lowest BCUT2D eigenvalue weighted by Gasteiger charge is -2.55. The van der Waals surface area contributed by atoms with Gasteiger partial charge in [0.2, 0.25) is 0 Å². The number of amides is 1. The minimum absolute atomic E-state index is 0.00894. The van der Waals surface area contributed by atoms with Crippen molar-refractivity contribution in [2.75, 3.05) is 27.9 Å². The largest absolute Gasteiger partial charge is 0.493 e. The van der Waals surface area contributed by atoms with E-state index >= 15 is 0 Å². The molecule has 1 saturated heterocycles. The molecule has 2 heterocycles. The summed E-state index contributed by atoms with van der Waals surface area (Å²) in [5, 5.41) is 11.3. The smallest absolute Gasteiger partial charge is 0.328 e. The van der Waals surface area contributed by atoms with Crippen molar-refractivity contribution in [3.05, 3.63) is 23.3 Å². The number of rotatable bonds is 5. The summed E-state index contributed by atoms with van der Waals surface area (Å²) in [6, 6.07) is 2.24. The molecule has 10 nitrogen and oxygen atoms in total. The van der Waals surface area contributed by atoms with Crippen LogP contribution in [0.3, 0.4) is 0 Å². The highest BCUT2D eigenvalue weighted by Crippen LogP contribution is 2.64. The first kappa shape index (κ1) is 23.0. The Morgan fingerprint density at radius 1 is 1.15 bits per heavy atom. The zero-order chi connectivity index (χ0) is 24.1. The quantitative estimate of drug-likeness (QED) is 0.623. The fourth-order valence-electron chi connectivity index (χ4n) is 5.91. The molecule has 0 radical (unpaired) electrons. The van der Waals surface area contributed by atoms with Gasteiger partial charge in [-0.1, -0.05) is 0 Å². The standard InChI is InChI=1S/C23H27NO9/c1-5-33-21(29)22-11-13(25)6-7-23(22)14-10-17(31-3)16(30-2)9-12(14)8-15(20(28)32-4)24(23)19(27)18(22)26/h9-10,15,18,26H,5-8,11H2,1-4H3/t15-,18-,22+,23-/m0/s1. The highest BCUT2D eigenvalue weighted by atomic mass is 16.5. The second-order valence-corrected chi connectivity index (χ2v) is 8.49. The van der Waals surface area contributed by atoms with Crippen molar-refractivity contribution in [1.82, 2.24) is 4.90 Å². The maximum atomic E-state index is 13.5. The van der Waals surface area contributed by atoms with Crippen molar-refractivity contribution >= 4 is 23.6 Å². The van der Waals surface area contributed by atoms with Crippen molar-refractivity contribution in [2.24, 2.45) is 5.41 Å². The number of benzene rings is 1. The molecule has 1 aromatic rings. The van der Waals surface area contributed by atoms with Gasteiger partial charge in [0.15, 0.2) is 17.6 Å². The number of carbonyl (C=O) groups is 4. The van der Waals surface area contributed by atoms with E-state index in [-0.39, 0.29) is 31.7 Å². The van der Waals surface area contributed by atoms with Crippen LogP contribution in [-0.2, 0) is 40.6 Å². The van der Waals surface area contributed by atoms with Crippen molar-refractivity contribution in [3.8, 4) is 11.5 Å². The number of aliphatic hydroxyl groups is 1. The van der Waals surface area contributed by atoms with Crippen LogP contribution in [0.25, 0.3) is 0 Å². The Hall–Kier alpha value is -3.14.